The lowest BCUT2D eigenvalue weighted by Gasteiger charge is -2.05. The van der Waals surface area contributed by atoms with Gasteiger partial charge in [0.15, 0.2) is 0 Å². The van der Waals surface area contributed by atoms with Crippen LogP contribution in [0.15, 0.2) is 0 Å². The van der Waals surface area contributed by atoms with E-state index in [1.54, 1.807) is 0 Å². The Kier molecular flexibility index (Phi) is 10.7. The normalized spacial score (nSPS) is 14.4. The number of unbranched alkanes of at least 4 members (excludes halogenated alkanes) is 9. The molecular weight excluding hydrogens is 248 g/mol. The zero-order valence-electron chi connectivity index (χ0n) is 13.4. The second-order valence-corrected chi connectivity index (χ2v) is 6.20. The van der Waals surface area contributed by atoms with Crippen LogP contribution in [0, 0.1) is 0 Å². The zero-order chi connectivity index (χ0) is 14.5. The first-order valence-corrected chi connectivity index (χ1v) is 8.83. The average Bonchev–Trinajstić information content (AvgIpc) is 3.24. The van der Waals surface area contributed by atoms with Gasteiger partial charge >= 0.3 is 0 Å². The molecule has 0 saturated heterocycles. The molecule has 0 unspecified atom stereocenters. The van der Waals surface area contributed by atoms with Crippen LogP contribution >= 0.6 is 0 Å². The second kappa shape index (κ2) is 12.2. The molecule has 118 valence electrons. The molecule has 1 amide bonds. The van der Waals surface area contributed by atoms with Gasteiger partial charge in [-0.25, -0.2) is 0 Å². The molecule has 1 fully saturated rings. The number of carbonyl (C=O) groups excluding carboxylic acids is 1. The fraction of sp³-hybridized carbons (Fsp3) is 0.941. The lowest BCUT2D eigenvalue weighted by molar-refractivity contribution is -0.120. The first kappa shape index (κ1) is 17.5. The van der Waals surface area contributed by atoms with Crippen LogP contribution in [-0.4, -0.2) is 25.0 Å². The quantitative estimate of drug-likeness (QED) is 0.476. The lowest BCUT2D eigenvalue weighted by Crippen LogP contribution is -2.35. The average molecular weight is 282 g/mol. The number of rotatable bonds is 14. The molecule has 3 heteroatoms. The third-order valence-corrected chi connectivity index (χ3v) is 3.94. The van der Waals surface area contributed by atoms with Crippen molar-refractivity contribution in [1.29, 1.82) is 0 Å². The van der Waals surface area contributed by atoms with Gasteiger partial charge in [-0.3, -0.25) is 4.79 Å². The highest BCUT2D eigenvalue weighted by atomic mass is 16.2. The van der Waals surface area contributed by atoms with Crippen LogP contribution in [0.3, 0.4) is 0 Å². The molecule has 0 bridgehead atoms. The molecule has 1 rings (SSSR count). The molecule has 20 heavy (non-hydrogen) atoms. The van der Waals surface area contributed by atoms with Crippen LogP contribution in [0.1, 0.15) is 84.0 Å². The third kappa shape index (κ3) is 11.3. The molecule has 0 spiro atoms. The predicted molar refractivity (Wildman–Crippen MR) is 85.9 cm³/mol. The van der Waals surface area contributed by atoms with Crippen molar-refractivity contribution < 1.29 is 4.79 Å². The highest BCUT2D eigenvalue weighted by Gasteiger charge is 2.22. The summed E-state index contributed by atoms with van der Waals surface area (Å²) < 4.78 is 0. The molecule has 0 aromatic rings. The Morgan fingerprint density at radius 1 is 0.900 bits per heavy atom. The highest BCUT2D eigenvalue weighted by molar-refractivity contribution is 5.78. The van der Waals surface area contributed by atoms with E-state index in [1.165, 1.54) is 77.0 Å². The monoisotopic (exact) mass is 282 g/mol. The number of nitrogens with one attached hydrogen (secondary N) is 2. The van der Waals surface area contributed by atoms with Crippen molar-refractivity contribution in [3.8, 4) is 0 Å². The van der Waals surface area contributed by atoms with Gasteiger partial charge in [-0.1, -0.05) is 64.7 Å². The van der Waals surface area contributed by atoms with Gasteiger partial charge in [0.05, 0.1) is 6.54 Å². The van der Waals surface area contributed by atoms with Crippen LogP contribution in [-0.2, 0) is 4.79 Å². The van der Waals surface area contributed by atoms with Crippen molar-refractivity contribution in [3.63, 3.8) is 0 Å². The maximum absolute atomic E-state index is 11.4. The number of hydrogen-bond donors (Lipinski definition) is 2. The van der Waals surface area contributed by atoms with Gasteiger partial charge in [0.2, 0.25) is 5.91 Å². The summed E-state index contributed by atoms with van der Waals surface area (Å²) in [6.07, 6.45) is 16.0. The number of amides is 1. The van der Waals surface area contributed by atoms with E-state index in [0.29, 0.717) is 12.6 Å². The molecule has 0 aliphatic heterocycles. The smallest absolute Gasteiger partial charge is 0.234 e. The minimum Gasteiger partial charge on any atom is -0.352 e. The van der Waals surface area contributed by atoms with E-state index in [-0.39, 0.29) is 5.91 Å². The summed E-state index contributed by atoms with van der Waals surface area (Å²) in [5.74, 6) is 0.166. The van der Waals surface area contributed by atoms with Crippen molar-refractivity contribution in [2.45, 2.75) is 90.0 Å². The molecule has 1 saturated carbocycles. The van der Waals surface area contributed by atoms with E-state index in [2.05, 4.69) is 17.6 Å². The van der Waals surface area contributed by atoms with Crippen molar-refractivity contribution in [3.05, 3.63) is 0 Å². The summed E-state index contributed by atoms with van der Waals surface area (Å²) in [6.45, 7) is 3.74. The van der Waals surface area contributed by atoms with Gasteiger partial charge in [-0.2, -0.15) is 0 Å². The van der Waals surface area contributed by atoms with E-state index >= 15 is 0 Å². The maximum Gasteiger partial charge on any atom is 0.234 e. The summed E-state index contributed by atoms with van der Waals surface area (Å²) >= 11 is 0. The van der Waals surface area contributed by atoms with Gasteiger partial charge < -0.3 is 10.6 Å². The largest absolute Gasteiger partial charge is 0.352 e. The standard InChI is InChI=1S/C17H34N2O/c1-2-3-4-5-6-7-8-9-10-11-14-18-15-17(20)19-16-12-13-16/h16,18H,2-15H2,1H3,(H,19,20). The first-order chi connectivity index (χ1) is 9.83. The molecule has 0 atom stereocenters. The van der Waals surface area contributed by atoms with Gasteiger partial charge in [0.25, 0.3) is 0 Å². The summed E-state index contributed by atoms with van der Waals surface area (Å²) in [6, 6.07) is 0.488. The van der Waals surface area contributed by atoms with Crippen LogP contribution in [0.5, 0.6) is 0 Å². The third-order valence-electron chi connectivity index (χ3n) is 3.94. The Bertz CT molecular complexity index is 239. The Balaban J connectivity index is 1.68. The van der Waals surface area contributed by atoms with Crippen molar-refractivity contribution >= 4 is 5.91 Å². The fourth-order valence-corrected chi connectivity index (χ4v) is 2.45. The molecule has 1 aliphatic rings. The summed E-state index contributed by atoms with van der Waals surface area (Å²) in [5, 5.41) is 6.22. The Labute approximate surface area is 125 Å². The summed E-state index contributed by atoms with van der Waals surface area (Å²) in [7, 11) is 0. The van der Waals surface area contributed by atoms with Gasteiger partial charge in [0, 0.05) is 6.04 Å². The van der Waals surface area contributed by atoms with E-state index < -0.39 is 0 Å². The van der Waals surface area contributed by atoms with Crippen LogP contribution in [0.4, 0.5) is 0 Å². The first-order valence-electron chi connectivity index (χ1n) is 8.83. The van der Waals surface area contributed by atoms with E-state index in [1.807, 2.05) is 0 Å². The molecule has 0 radical (unpaired) electrons. The maximum atomic E-state index is 11.4. The Hall–Kier alpha value is -0.570. The molecule has 0 aromatic heterocycles. The second-order valence-electron chi connectivity index (χ2n) is 6.20. The highest BCUT2D eigenvalue weighted by Crippen LogP contribution is 2.18. The number of carbonyl (C=O) groups is 1. The minimum absolute atomic E-state index is 0.166. The van der Waals surface area contributed by atoms with E-state index in [9.17, 15) is 4.79 Å². The Morgan fingerprint density at radius 3 is 2.00 bits per heavy atom. The van der Waals surface area contributed by atoms with E-state index in [4.69, 9.17) is 0 Å². The molecule has 0 heterocycles. The molecule has 1 aliphatic carbocycles. The molecular formula is C17H34N2O. The van der Waals surface area contributed by atoms with Crippen molar-refractivity contribution in [1.82, 2.24) is 10.6 Å². The van der Waals surface area contributed by atoms with Crippen LogP contribution < -0.4 is 10.6 Å². The Morgan fingerprint density at radius 2 is 1.45 bits per heavy atom. The van der Waals surface area contributed by atoms with E-state index in [0.717, 1.165) is 6.54 Å². The molecule has 3 nitrogen and oxygen atoms in total. The zero-order valence-corrected chi connectivity index (χ0v) is 13.4. The number of hydrogen-bond acceptors (Lipinski definition) is 2. The van der Waals surface area contributed by atoms with Crippen molar-refractivity contribution in [2.24, 2.45) is 0 Å². The van der Waals surface area contributed by atoms with Crippen LogP contribution in [0.25, 0.3) is 0 Å². The minimum atomic E-state index is 0.166. The van der Waals surface area contributed by atoms with Crippen LogP contribution in [0.2, 0.25) is 0 Å². The van der Waals surface area contributed by atoms with Gasteiger partial charge in [-0.05, 0) is 25.8 Å². The summed E-state index contributed by atoms with van der Waals surface area (Å²) in [5.41, 5.74) is 0. The van der Waals surface area contributed by atoms with Gasteiger partial charge in [-0.15, -0.1) is 0 Å². The topological polar surface area (TPSA) is 41.1 Å². The molecule has 2 N–H and O–H groups in total. The van der Waals surface area contributed by atoms with Crippen molar-refractivity contribution in [2.75, 3.05) is 13.1 Å². The molecule has 0 aromatic carbocycles. The summed E-state index contributed by atoms with van der Waals surface area (Å²) in [4.78, 5) is 11.4. The SMILES string of the molecule is CCCCCCCCCCCCNCC(=O)NC1CC1. The predicted octanol–water partition coefficient (Wildman–Crippen LogP) is 3.78. The fourth-order valence-electron chi connectivity index (χ4n) is 2.45. The lowest BCUT2D eigenvalue weighted by atomic mass is 10.1. The van der Waals surface area contributed by atoms with Gasteiger partial charge in [0.1, 0.15) is 0 Å².